The van der Waals surface area contributed by atoms with Gasteiger partial charge in [-0.05, 0) is 37.3 Å². The molecule has 3 rings (SSSR count). The molecule has 0 aliphatic rings. The first-order valence-corrected chi connectivity index (χ1v) is 6.90. The molecule has 0 saturated carbocycles. The first kappa shape index (κ1) is 13.3. The van der Waals surface area contributed by atoms with E-state index in [0.717, 1.165) is 22.4 Å². The second-order valence-corrected chi connectivity index (χ2v) is 4.93. The van der Waals surface area contributed by atoms with Gasteiger partial charge >= 0.3 is 0 Å². The summed E-state index contributed by atoms with van der Waals surface area (Å²) in [6.07, 6.45) is 0.452. The maximum atomic E-state index is 11.4. The van der Waals surface area contributed by atoms with Gasteiger partial charge in [-0.3, -0.25) is 4.79 Å². The Kier molecular flexibility index (Phi) is 3.39. The van der Waals surface area contributed by atoms with Crippen molar-refractivity contribution < 1.29 is 4.79 Å². The molecule has 0 radical (unpaired) electrons. The number of benzene rings is 2. The molecule has 0 aliphatic carbocycles. The minimum Gasteiger partial charge on any atom is -0.326 e. The molecule has 0 spiro atoms. The lowest BCUT2D eigenvalue weighted by Gasteiger charge is -2.01. The van der Waals surface area contributed by atoms with E-state index in [4.69, 9.17) is 0 Å². The van der Waals surface area contributed by atoms with Crippen molar-refractivity contribution in [1.29, 1.82) is 0 Å². The third kappa shape index (κ3) is 2.76. The summed E-state index contributed by atoms with van der Waals surface area (Å²) in [6.45, 7) is 3.86. The molecule has 21 heavy (non-hydrogen) atoms. The summed E-state index contributed by atoms with van der Waals surface area (Å²) >= 11 is 0. The van der Waals surface area contributed by atoms with Gasteiger partial charge < -0.3 is 5.32 Å². The Morgan fingerprint density at radius 2 is 1.81 bits per heavy atom. The third-order valence-electron chi connectivity index (χ3n) is 3.25. The van der Waals surface area contributed by atoms with Gasteiger partial charge in [0.2, 0.25) is 5.91 Å². The van der Waals surface area contributed by atoms with Gasteiger partial charge in [-0.1, -0.05) is 24.6 Å². The van der Waals surface area contributed by atoms with Crippen LogP contribution in [0.3, 0.4) is 0 Å². The molecular formula is C16H16N4O. The number of aromatic nitrogens is 3. The van der Waals surface area contributed by atoms with E-state index in [1.807, 2.05) is 56.3 Å². The van der Waals surface area contributed by atoms with E-state index in [1.165, 1.54) is 5.56 Å². The summed E-state index contributed by atoms with van der Waals surface area (Å²) in [4.78, 5) is 13.0. The maximum Gasteiger partial charge on any atom is 0.224 e. The summed E-state index contributed by atoms with van der Waals surface area (Å²) in [5.74, 6) is -0.0136. The molecule has 2 aromatic carbocycles. The second-order valence-electron chi connectivity index (χ2n) is 4.93. The molecule has 0 unspecified atom stereocenters. The fraction of sp³-hybridized carbons (Fsp3) is 0.188. The SMILES string of the molecule is CCC(=O)Nc1ccc2nn(-c3ccc(C)cc3)nc2c1. The third-order valence-corrected chi connectivity index (χ3v) is 3.25. The van der Waals surface area contributed by atoms with Crippen LogP contribution in [0, 0.1) is 6.92 Å². The first-order chi connectivity index (χ1) is 10.2. The molecular weight excluding hydrogens is 264 g/mol. The van der Waals surface area contributed by atoms with Gasteiger partial charge in [0.1, 0.15) is 11.0 Å². The van der Waals surface area contributed by atoms with E-state index in [0.29, 0.717) is 6.42 Å². The molecule has 106 valence electrons. The summed E-state index contributed by atoms with van der Waals surface area (Å²) in [7, 11) is 0. The van der Waals surface area contributed by atoms with Gasteiger partial charge in [-0.25, -0.2) is 0 Å². The molecule has 0 atom stereocenters. The van der Waals surface area contributed by atoms with E-state index in [9.17, 15) is 4.79 Å². The average Bonchev–Trinajstić information content (AvgIpc) is 2.91. The van der Waals surface area contributed by atoms with E-state index >= 15 is 0 Å². The molecule has 1 N–H and O–H groups in total. The standard InChI is InChI=1S/C16H16N4O/c1-3-16(21)17-12-6-9-14-15(10-12)19-20(18-14)13-7-4-11(2)5-8-13/h4-10H,3H2,1-2H3,(H,17,21). The lowest BCUT2D eigenvalue weighted by molar-refractivity contribution is -0.115. The van der Waals surface area contributed by atoms with Crippen molar-refractivity contribution in [2.75, 3.05) is 5.32 Å². The number of nitrogens with zero attached hydrogens (tertiary/aromatic N) is 3. The van der Waals surface area contributed by atoms with Crippen molar-refractivity contribution in [2.24, 2.45) is 0 Å². The highest BCUT2D eigenvalue weighted by molar-refractivity contribution is 5.92. The predicted octanol–water partition coefficient (Wildman–Crippen LogP) is 3.08. The van der Waals surface area contributed by atoms with Gasteiger partial charge in [-0.2, -0.15) is 4.80 Å². The fourth-order valence-electron chi connectivity index (χ4n) is 2.04. The second kappa shape index (κ2) is 5.36. The van der Waals surface area contributed by atoms with Crippen molar-refractivity contribution in [3.05, 3.63) is 48.0 Å². The minimum atomic E-state index is -0.0136. The average molecular weight is 280 g/mol. The van der Waals surface area contributed by atoms with Gasteiger partial charge in [0.25, 0.3) is 0 Å². The smallest absolute Gasteiger partial charge is 0.224 e. The molecule has 0 fully saturated rings. The van der Waals surface area contributed by atoms with E-state index in [1.54, 1.807) is 4.80 Å². The van der Waals surface area contributed by atoms with Crippen molar-refractivity contribution in [3.63, 3.8) is 0 Å². The van der Waals surface area contributed by atoms with Gasteiger partial charge in [0.05, 0.1) is 5.69 Å². The minimum absolute atomic E-state index is 0.0136. The number of amides is 1. The molecule has 1 heterocycles. The zero-order chi connectivity index (χ0) is 14.8. The number of rotatable bonds is 3. The van der Waals surface area contributed by atoms with Crippen LogP contribution in [0.5, 0.6) is 0 Å². The van der Waals surface area contributed by atoms with Gasteiger partial charge in [0.15, 0.2) is 0 Å². The molecule has 0 saturated heterocycles. The van der Waals surface area contributed by atoms with Crippen LogP contribution in [0.15, 0.2) is 42.5 Å². The van der Waals surface area contributed by atoms with Crippen LogP contribution >= 0.6 is 0 Å². The largest absolute Gasteiger partial charge is 0.326 e. The van der Waals surface area contributed by atoms with E-state index < -0.39 is 0 Å². The van der Waals surface area contributed by atoms with Crippen molar-refractivity contribution in [3.8, 4) is 5.69 Å². The Bertz CT molecular complexity index is 790. The molecule has 1 aromatic heterocycles. The number of anilines is 1. The Morgan fingerprint density at radius 3 is 2.52 bits per heavy atom. The van der Waals surface area contributed by atoms with Crippen LogP contribution in [-0.4, -0.2) is 20.9 Å². The fourth-order valence-corrected chi connectivity index (χ4v) is 2.04. The van der Waals surface area contributed by atoms with Crippen LogP contribution in [0.4, 0.5) is 5.69 Å². The van der Waals surface area contributed by atoms with Crippen LogP contribution in [-0.2, 0) is 4.79 Å². The molecule has 0 aliphatic heterocycles. The topological polar surface area (TPSA) is 59.8 Å². The van der Waals surface area contributed by atoms with Crippen molar-refractivity contribution >= 4 is 22.6 Å². The lowest BCUT2D eigenvalue weighted by atomic mass is 10.2. The van der Waals surface area contributed by atoms with Crippen LogP contribution in [0.1, 0.15) is 18.9 Å². The number of nitrogens with one attached hydrogen (secondary N) is 1. The Labute approximate surface area is 122 Å². The zero-order valence-electron chi connectivity index (χ0n) is 12.0. The number of carbonyl (C=O) groups is 1. The number of hydrogen-bond acceptors (Lipinski definition) is 3. The van der Waals surface area contributed by atoms with Crippen LogP contribution < -0.4 is 5.32 Å². The lowest BCUT2D eigenvalue weighted by Crippen LogP contribution is -2.09. The summed E-state index contributed by atoms with van der Waals surface area (Å²) < 4.78 is 0. The summed E-state index contributed by atoms with van der Waals surface area (Å²) in [6, 6.07) is 13.5. The van der Waals surface area contributed by atoms with E-state index in [2.05, 4.69) is 15.5 Å². The highest BCUT2D eigenvalue weighted by atomic mass is 16.1. The maximum absolute atomic E-state index is 11.4. The van der Waals surface area contributed by atoms with Crippen molar-refractivity contribution in [1.82, 2.24) is 15.0 Å². The Morgan fingerprint density at radius 1 is 1.10 bits per heavy atom. The number of hydrogen-bond donors (Lipinski definition) is 1. The van der Waals surface area contributed by atoms with Crippen molar-refractivity contribution in [2.45, 2.75) is 20.3 Å². The van der Waals surface area contributed by atoms with Gasteiger partial charge in [-0.15, -0.1) is 10.2 Å². The highest BCUT2D eigenvalue weighted by Gasteiger charge is 2.06. The predicted molar refractivity (Wildman–Crippen MR) is 82.5 cm³/mol. The number of carbonyl (C=O) groups excluding carboxylic acids is 1. The first-order valence-electron chi connectivity index (χ1n) is 6.90. The monoisotopic (exact) mass is 280 g/mol. The summed E-state index contributed by atoms with van der Waals surface area (Å²) in [5, 5.41) is 11.7. The van der Waals surface area contributed by atoms with Gasteiger partial charge in [0, 0.05) is 12.1 Å². The highest BCUT2D eigenvalue weighted by Crippen LogP contribution is 2.17. The Balaban J connectivity index is 1.96. The Hall–Kier alpha value is -2.69. The number of fused-ring (bicyclic) bond motifs is 1. The van der Waals surface area contributed by atoms with E-state index in [-0.39, 0.29) is 5.91 Å². The molecule has 3 aromatic rings. The van der Waals surface area contributed by atoms with Crippen LogP contribution in [0.2, 0.25) is 0 Å². The quantitative estimate of drug-likeness (QED) is 0.802. The summed E-state index contributed by atoms with van der Waals surface area (Å²) in [5.41, 5.74) is 4.40. The number of aryl methyl sites for hydroxylation is 1. The zero-order valence-corrected chi connectivity index (χ0v) is 12.0. The molecule has 0 bridgehead atoms. The van der Waals surface area contributed by atoms with Crippen LogP contribution in [0.25, 0.3) is 16.7 Å². The molecule has 5 nitrogen and oxygen atoms in total. The normalized spacial score (nSPS) is 10.8. The molecule has 1 amide bonds. The molecule has 5 heteroatoms.